The topological polar surface area (TPSA) is 166 Å². The number of aliphatic hydroxyl groups is 4. The Kier molecular flexibility index (Phi) is 18.0. The van der Waals surface area contributed by atoms with Crippen LogP contribution in [0.2, 0.25) is 20.1 Å². The van der Waals surface area contributed by atoms with Gasteiger partial charge in [0.15, 0.2) is 0 Å². The molecule has 0 aromatic heterocycles. The second-order valence-corrected chi connectivity index (χ2v) is 22.7. The molecule has 0 saturated carbocycles. The van der Waals surface area contributed by atoms with Crippen LogP contribution >= 0.6 is 46.4 Å². The van der Waals surface area contributed by atoms with Crippen molar-refractivity contribution in [1.29, 1.82) is 0 Å². The molecule has 0 amide bonds. The van der Waals surface area contributed by atoms with Crippen molar-refractivity contribution in [1.82, 2.24) is 21.3 Å². The van der Waals surface area contributed by atoms with Gasteiger partial charge in [-0.3, -0.25) is 0 Å². The van der Waals surface area contributed by atoms with Crippen LogP contribution in [0.4, 0.5) is 0 Å². The van der Waals surface area contributed by atoms with E-state index in [0.29, 0.717) is 68.8 Å². The van der Waals surface area contributed by atoms with E-state index in [4.69, 9.17) is 65.4 Å². The highest BCUT2D eigenvalue weighted by atomic mass is 35.5. The second kappa shape index (κ2) is 21.7. The Labute approximate surface area is 423 Å². The van der Waals surface area contributed by atoms with Crippen LogP contribution < -0.4 is 21.3 Å². The Bertz CT molecular complexity index is 2000. The predicted octanol–water partition coefficient (Wildman–Crippen LogP) is 9.09. The molecule has 4 heterocycles. The number of halogens is 4. The first kappa shape index (κ1) is 56.5. The van der Waals surface area contributed by atoms with Gasteiger partial charge in [0, 0.05) is 64.5 Å². The maximum atomic E-state index is 10.6. The van der Waals surface area contributed by atoms with Gasteiger partial charge in [0.1, 0.15) is 0 Å². The summed E-state index contributed by atoms with van der Waals surface area (Å²) in [5, 5.41) is 58.3. The summed E-state index contributed by atoms with van der Waals surface area (Å²) in [5.74, 6) is -5.28. The van der Waals surface area contributed by atoms with Gasteiger partial charge in [-0.25, -0.2) is 0 Å². The molecule has 4 aromatic rings. The van der Waals surface area contributed by atoms with Gasteiger partial charge in [0.05, 0.1) is 50.6 Å². The van der Waals surface area contributed by atoms with Gasteiger partial charge in [-0.1, -0.05) is 94.9 Å². The molecule has 68 heavy (non-hydrogen) atoms. The van der Waals surface area contributed by atoms with Crippen LogP contribution in [0, 0.1) is 0 Å². The Morgan fingerprint density at radius 1 is 0.368 bits per heavy atom. The summed E-state index contributed by atoms with van der Waals surface area (Å²) in [4.78, 5) is 0. The highest BCUT2D eigenvalue weighted by Crippen LogP contribution is 2.37. The van der Waals surface area contributed by atoms with Crippen LogP contribution in [0.1, 0.15) is 105 Å². The number of hydrogen-bond donors (Lipinski definition) is 8. The Hall–Kier alpha value is -2.44. The van der Waals surface area contributed by atoms with E-state index in [1.807, 2.05) is 132 Å². The summed E-state index contributed by atoms with van der Waals surface area (Å²) >= 11 is 23.8. The molecule has 12 nitrogen and oxygen atoms in total. The molecule has 4 fully saturated rings. The highest BCUT2D eigenvalue weighted by molar-refractivity contribution is 6.31. The molecule has 0 spiro atoms. The number of morpholine rings is 4. The molecule has 0 radical (unpaired) electrons. The number of hydrogen-bond acceptors (Lipinski definition) is 12. The van der Waals surface area contributed by atoms with Crippen LogP contribution in [0.25, 0.3) is 0 Å². The average molecular weight is 1020 g/mol. The average Bonchev–Trinajstić information content (AvgIpc) is 3.24. The molecule has 4 aromatic carbocycles. The third-order valence-corrected chi connectivity index (χ3v) is 13.3. The third-order valence-electron chi connectivity index (χ3n) is 12.3. The minimum absolute atomic E-state index is 0.135. The molecule has 0 unspecified atom stereocenters. The normalized spacial score (nSPS) is 32.4. The molecular formula is C52H72Cl4N4O8. The zero-order chi connectivity index (χ0) is 50.7. The summed E-state index contributed by atoms with van der Waals surface area (Å²) in [6.45, 7) is 25.7. The maximum Gasteiger partial charge on any atom is 0.208 e. The molecule has 0 aliphatic carbocycles. The van der Waals surface area contributed by atoms with Gasteiger partial charge in [-0.05, 0) is 132 Å². The fourth-order valence-corrected chi connectivity index (χ4v) is 9.50. The van der Waals surface area contributed by atoms with Gasteiger partial charge in [-0.15, -0.1) is 0 Å². The van der Waals surface area contributed by atoms with Crippen LogP contribution in [-0.4, -0.2) is 93.2 Å². The minimum Gasteiger partial charge on any atom is -0.361 e. The summed E-state index contributed by atoms with van der Waals surface area (Å²) in [6.07, 6.45) is 0. The SMILES string of the molecule is C[C@@H]1NC(C)(C)CO[C@@]1(O)c1cccc(Cl)c1.C[C@@H]1NC(C)(C)CO[C@]1(O)c1cccc(Cl)c1.C[C@H]1NC(C)(C)CO[C@@]1(O)c1cccc(Cl)c1.C[C@H]1NC(C)(C)CO[C@]1(O)c1cccc(Cl)c1. The summed E-state index contributed by atoms with van der Waals surface area (Å²) in [6, 6.07) is 27.8. The van der Waals surface area contributed by atoms with E-state index in [9.17, 15) is 20.4 Å². The van der Waals surface area contributed by atoms with Gasteiger partial charge in [-0.2, -0.15) is 0 Å². The standard InChI is InChI=1S/4C13H18ClNO2/c4*1-9-13(16,17-8-12(2,3)15-9)10-5-4-6-11(14)7-10/h4*4-7,9,15-16H,8H2,1-3H3/t2*9-,13+;2*9-,13-/m1010/s1. The molecule has 8 N–H and O–H groups in total. The van der Waals surface area contributed by atoms with E-state index in [-0.39, 0.29) is 46.3 Å². The first-order chi connectivity index (χ1) is 31.3. The molecule has 4 saturated heterocycles. The lowest BCUT2D eigenvalue weighted by Gasteiger charge is -2.46. The molecule has 16 heteroatoms. The van der Waals surface area contributed by atoms with E-state index in [2.05, 4.69) is 21.3 Å². The summed E-state index contributed by atoms with van der Waals surface area (Å²) in [5.41, 5.74) is 2.19. The lowest BCUT2D eigenvalue weighted by Crippen LogP contribution is -2.63. The van der Waals surface area contributed by atoms with Crippen molar-refractivity contribution in [3.63, 3.8) is 0 Å². The first-order valence-electron chi connectivity index (χ1n) is 22.9. The van der Waals surface area contributed by atoms with Crippen molar-refractivity contribution in [3.05, 3.63) is 139 Å². The Morgan fingerprint density at radius 2 is 0.544 bits per heavy atom. The minimum atomic E-state index is -1.32. The van der Waals surface area contributed by atoms with E-state index >= 15 is 0 Å². The van der Waals surface area contributed by atoms with E-state index in [1.54, 1.807) is 48.5 Å². The quantitative estimate of drug-likeness (QED) is 0.0980. The van der Waals surface area contributed by atoms with E-state index in [1.165, 1.54) is 0 Å². The van der Waals surface area contributed by atoms with E-state index in [0.717, 1.165) is 0 Å². The molecule has 376 valence electrons. The van der Waals surface area contributed by atoms with Gasteiger partial charge in [0.2, 0.25) is 23.1 Å². The van der Waals surface area contributed by atoms with Crippen LogP contribution in [0.3, 0.4) is 0 Å². The highest BCUT2D eigenvalue weighted by Gasteiger charge is 2.48. The first-order valence-corrected chi connectivity index (χ1v) is 24.5. The summed E-state index contributed by atoms with van der Waals surface area (Å²) in [7, 11) is 0. The molecule has 4 aliphatic heterocycles. The molecule has 0 bridgehead atoms. The zero-order valence-electron chi connectivity index (χ0n) is 41.3. The fourth-order valence-electron chi connectivity index (χ4n) is 8.74. The Balaban J connectivity index is 0.000000169. The molecule has 8 rings (SSSR count). The van der Waals surface area contributed by atoms with Crippen LogP contribution in [0.15, 0.2) is 97.1 Å². The lowest BCUT2D eigenvalue weighted by atomic mass is 9.93. The largest absolute Gasteiger partial charge is 0.361 e. The van der Waals surface area contributed by atoms with Crippen molar-refractivity contribution in [2.45, 2.75) is 153 Å². The molecule has 8 atom stereocenters. The second-order valence-electron chi connectivity index (χ2n) is 21.0. The van der Waals surface area contributed by atoms with Crippen LogP contribution in [0.5, 0.6) is 0 Å². The lowest BCUT2D eigenvalue weighted by molar-refractivity contribution is -0.263. The maximum absolute atomic E-state index is 10.6. The van der Waals surface area contributed by atoms with Gasteiger partial charge in [0.25, 0.3) is 0 Å². The number of ether oxygens (including phenoxy) is 4. The van der Waals surface area contributed by atoms with Crippen molar-refractivity contribution in [3.8, 4) is 0 Å². The van der Waals surface area contributed by atoms with Crippen molar-refractivity contribution >= 4 is 46.4 Å². The van der Waals surface area contributed by atoms with Gasteiger partial charge >= 0.3 is 0 Å². The summed E-state index contributed by atoms with van der Waals surface area (Å²) < 4.78 is 22.7. The monoisotopic (exact) mass is 1020 g/mol. The predicted molar refractivity (Wildman–Crippen MR) is 272 cm³/mol. The molecule has 4 aliphatic rings. The van der Waals surface area contributed by atoms with E-state index < -0.39 is 23.1 Å². The Morgan fingerprint density at radius 3 is 0.691 bits per heavy atom. The number of benzene rings is 4. The van der Waals surface area contributed by atoms with Crippen molar-refractivity contribution in [2.75, 3.05) is 26.4 Å². The fraction of sp³-hybridized carbons (Fsp3) is 0.538. The smallest absolute Gasteiger partial charge is 0.208 e. The number of nitrogens with one attached hydrogen (secondary N) is 4. The molecular weight excluding hydrogens is 950 g/mol. The third kappa shape index (κ3) is 13.9. The zero-order valence-corrected chi connectivity index (χ0v) is 44.3. The van der Waals surface area contributed by atoms with Crippen molar-refractivity contribution in [2.24, 2.45) is 0 Å². The van der Waals surface area contributed by atoms with Gasteiger partial charge < -0.3 is 60.6 Å². The number of rotatable bonds is 4. The van der Waals surface area contributed by atoms with Crippen molar-refractivity contribution < 1.29 is 39.4 Å². The van der Waals surface area contributed by atoms with Crippen LogP contribution in [-0.2, 0) is 42.1 Å².